The van der Waals surface area contributed by atoms with Crippen LogP contribution in [0.25, 0.3) is 0 Å². The summed E-state index contributed by atoms with van der Waals surface area (Å²) < 4.78 is 13.1. The summed E-state index contributed by atoms with van der Waals surface area (Å²) in [5.41, 5.74) is 2.80. The van der Waals surface area contributed by atoms with Crippen molar-refractivity contribution in [2.45, 2.75) is 6.54 Å². The summed E-state index contributed by atoms with van der Waals surface area (Å²) in [6.45, 7) is 0.161. The summed E-state index contributed by atoms with van der Waals surface area (Å²) >= 11 is 2.91. The van der Waals surface area contributed by atoms with Crippen molar-refractivity contribution < 1.29 is 19.4 Å². The maximum atomic E-state index is 13.0. The third kappa shape index (κ3) is 2.14. The van der Waals surface area contributed by atoms with Crippen LogP contribution < -0.4 is 5.48 Å². The van der Waals surface area contributed by atoms with Gasteiger partial charge in [0, 0.05) is 12.1 Å². The zero-order chi connectivity index (χ0) is 10.7. The molecule has 0 aliphatic rings. The van der Waals surface area contributed by atoms with Gasteiger partial charge in [-0.05, 0) is 22.0 Å². The SMILES string of the molecule is CONCc1cc(Br)c(F)c(O)c1O. The average molecular weight is 266 g/mol. The molecule has 6 heteroatoms. The van der Waals surface area contributed by atoms with E-state index in [0.717, 1.165) is 0 Å². The molecule has 78 valence electrons. The number of hydroxylamine groups is 1. The van der Waals surface area contributed by atoms with Crippen LogP contribution in [0, 0.1) is 5.82 Å². The number of phenols is 2. The fraction of sp³-hybridized carbons (Fsp3) is 0.250. The van der Waals surface area contributed by atoms with Crippen LogP contribution >= 0.6 is 15.9 Å². The Hall–Kier alpha value is -0.850. The van der Waals surface area contributed by atoms with E-state index >= 15 is 0 Å². The van der Waals surface area contributed by atoms with Gasteiger partial charge in [0.25, 0.3) is 0 Å². The van der Waals surface area contributed by atoms with Crippen LogP contribution in [-0.4, -0.2) is 17.3 Å². The number of rotatable bonds is 3. The average Bonchev–Trinajstić information content (AvgIpc) is 2.18. The molecular formula is C8H9BrFNO3. The molecule has 1 aromatic rings. The molecule has 0 atom stereocenters. The highest BCUT2D eigenvalue weighted by molar-refractivity contribution is 9.10. The normalized spacial score (nSPS) is 10.5. The van der Waals surface area contributed by atoms with E-state index in [4.69, 9.17) is 5.11 Å². The van der Waals surface area contributed by atoms with Gasteiger partial charge in [-0.1, -0.05) is 0 Å². The van der Waals surface area contributed by atoms with Crippen LogP contribution in [-0.2, 0) is 11.4 Å². The first-order valence-corrected chi connectivity index (χ1v) is 4.52. The van der Waals surface area contributed by atoms with E-state index in [1.165, 1.54) is 13.2 Å². The quantitative estimate of drug-likeness (QED) is 0.575. The number of aromatic hydroxyl groups is 2. The minimum Gasteiger partial charge on any atom is -0.504 e. The Morgan fingerprint density at radius 3 is 2.71 bits per heavy atom. The first kappa shape index (κ1) is 11.2. The Labute approximate surface area is 88.4 Å². The van der Waals surface area contributed by atoms with Crippen LogP contribution in [0.15, 0.2) is 10.5 Å². The Morgan fingerprint density at radius 2 is 2.14 bits per heavy atom. The van der Waals surface area contributed by atoms with E-state index in [2.05, 4.69) is 26.2 Å². The monoisotopic (exact) mass is 265 g/mol. The van der Waals surface area contributed by atoms with E-state index in [1.807, 2.05) is 0 Å². The van der Waals surface area contributed by atoms with Gasteiger partial charge in [-0.2, -0.15) is 5.48 Å². The largest absolute Gasteiger partial charge is 0.504 e. The Kier molecular flexibility index (Phi) is 3.68. The molecular weight excluding hydrogens is 257 g/mol. The van der Waals surface area contributed by atoms with Gasteiger partial charge in [0.1, 0.15) is 0 Å². The van der Waals surface area contributed by atoms with E-state index in [1.54, 1.807) is 0 Å². The minimum absolute atomic E-state index is 0.0840. The van der Waals surface area contributed by atoms with E-state index < -0.39 is 17.3 Å². The number of phenolic OH excluding ortho intramolecular Hbond substituents is 2. The van der Waals surface area contributed by atoms with Crippen molar-refractivity contribution in [2.24, 2.45) is 0 Å². The van der Waals surface area contributed by atoms with Gasteiger partial charge in [0.15, 0.2) is 17.3 Å². The summed E-state index contributed by atoms with van der Waals surface area (Å²) in [5, 5.41) is 18.5. The van der Waals surface area contributed by atoms with Crippen LogP contribution in [0.5, 0.6) is 11.5 Å². The van der Waals surface area contributed by atoms with E-state index in [0.29, 0.717) is 5.56 Å². The lowest BCUT2D eigenvalue weighted by Gasteiger charge is -2.08. The lowest BCUT2D eigenvalue weighted by molar-refractivity contribution is 0.0860. The molecule has 0 bridgehead atoms. The zero-order valence-electron chi connectivity index (χ0n) is 7.34. The molecule has 0 unspecified atom stereocenters. The summed E-state index contributed by atoms with van der Waals surface area (Å²) in [4.78, 5) is 4.56. The van der Waals surface area contributed by atoms with E-state index in [-0.39, 0.29) is 11.0 Å². The second kappa shape index (κ2) is 4.59. The third-order valence-electron chi connectivity index (χ3n) is 1.65. The van der Waals surface area contributed by atoms with Crippen molar-refractivity contribution in [3.8, 4) is 11.5 Å². The molecule has 0 fully saturated rings. The number of nitrogens with one attached hydrogen (secondary N) is 1. The Balaban J connectivity index is 3.06. The van der Waals surface area contributed by atoms with Gasteiger partial charge in [-0.15, -0.1) is 0 Å². The first-order valence-electron chi connectivity index (χ1n) is 3.72. The number of hydrogen-bond donors (Lipinski definition) is 3. The Morgan fingerprint density at radius 1 is 1.50 bits per heavy atom. The summed E-state index contributed by atoms with van der Waals surface area (Å²) in [5.74, 6) is -2.15. The third-order valence-corrected chi connectivity index (χ3v) is 2.23. The topological polar surface area (TPSA) is 61.7 Å². The van der Waals surface area contributed by atoms with Crippen LogP contribution in [0.4, 0.5) is 4.39 Å². The minimum atomic E-state index is -0.885. The molecule has 14 heavy (non-hydrogen) atoms. The molecule has 1 rings (SSSR count). The van der Waals surface area contributed by atoms with Gasteiger partial charge in [-0.25, -0.2) is 4.39 Å². The molecule has 0 spiro atoms. The molecule has 4 nitrogen and oxygen atoms in total. The zero-order valence-corrected chi connectivity index (χ0v) is 8.93. The molecule has 3 N–H and O–H groups in total. The lowest BCUT2D eigenvalue weighted by Crippen LogP contribution is -2.11. The van der Waals surface area contributed by atoms with Crippen molar-refractivity contribution in [1.82, 2.24) is 5.48 Å². The molecule has 0 heterocycles. The fourth-order valence-electron chi connectivity index (χ4n) is 0.939. The van der Waals surface area contributed by atoms with Crippen molar-refractivity contribution in [3.05, 3.63) is 21.9 Å². The molecule has 0 amide bonds. The van der Waals surface area contributed by atoms with Gasteiger partial charge in [0.05, 0.1) is 11.6 Å². The van der Waals surface area contributed by atoms with Gasteiger partial charge >= 0.3 is 0 Å². The van der Waals surface area contributed by atoms with Gasteiger partial charge < -0.3 is 15.1 Å². The van der Waals surface area contributed by atoms with Crippen molar-refractivity contribution in [1.29, 1.82) is 0 Å². The summed E-state index contributed by atoms with van der Waals surface area (Å²) in [6.07, 6.45) is 0. The molecule has 0 aromatic heterocycles. The maximum Gasteiger partial charge on any atom is 0.195 e. The highest BCUT2D eigenvalue weighted by Crippen LogP contribution is 2.36. The molecule has 1 aromatic carbocycles. The summed E-state index contributed by atoms with van der Waals surface area (Å²) in [6, 6.07) is 1.36. The summed E-state index contributed by atoms with van der Waals surface area (Å²) in [7, 11) is 1.41. The van der Waals surface area contributed by atoms with Crippen LogP contribution in [0.2, 0.25) is 0 Å². The molecule has 0 saturated heterocycles. The highest BCUT2D eigenvalue weighted by atomic mass is 79.9. The van der Waals surface area contributed by atoms with Crippen molar-refractivity contribution >= 4 is 15.9 Å². The standard InChI is InChI=1S/C8H9BrFNO3/c1-14-11-3-4-2-5(9)6(10)8(13)7(4)12/h2,11-13H,3H2,1H3. The second-order valence-electron chi connectivity index (χ2n) is 2.55. The molecule has 0 aliphatic heterocycles. The molecule has 0 radical (unpaired) electrons. The lowest BCUT2D eigenvalue weighted by atomic mass is 10.2. The Bertz CT molecular complexity index is 346. The highest BCUT2D eigenvalue weighted by Gasteiger charge is 2.15. The van der Waals surface area contributed by atoms with E-state index in [9.17, 15) is 9.50 Å². The molecule has 0 aliphatic carbocycles. The molecule has 0 saturated carbocycles. The second-order valence-corrected chi connectivity index (χ2v) is 3.41. The number of hydrogen-bond acceptors (Lipinski definition) is 4. The number of benzene rings is 1. The predicted molar refractivity (Wildman–Crippen MR) is 51.3 cm³/mol. The van der Waals surface area contributed by atoms with Crippen molar-refractivity contribution in [2.75, 3.05) is 7.11 Å². The maximum absolute atomic E-state index is 13.0. The fourth-order valence-corrected chi connectivity index (χ4v) is 1.40. The first-order chi connectivity index (χ1) is 6.57. The number of halogens is 2. The van der Waals surface area contributed by atoms with Gasteiger partial charge in [0.2, 0.25) is 0 Å². The van der Waals surface area contributed by atoms with Crippen LogP contribution in [0.3, 0.4) is 0 Å². The predicted octanol–water partition coefficient (Wildman–Crippen LogP) is 1.65. The van der Waals surface area contributed by atoms with Gasteiger partial charge in [-0.3, -0.25) is 0 Å². The van der Waals surface area contributed by atoms with Crippen molar-refractivity contribution in [3.63, 3.8) is 0 Å². The van der Waals surface area contributed by atoms with Crippen LogP contribution in [0.1, 0.15) is 5.56 Å². The smallest absolute Gasteiger partial charge is 0.195 e.